The Labute approximate surface area is 169 Å². The molecule has 1 aromatic heterocycles. The Kier molecular flexibility index (Phi) is 6.52. The van der Waals surface area contributed by atoms with E-state index in [0.717, 1.165) is 33.4 Å². The molecule has 0 aliphatic carbocycles. The predicted octanol–water partition coefficient (Wildman–Crippen LogP) is 5.65. The van der Waals surface area contributed by atoms with E-state index in [1.807, 2.05) is 49.6 Å². The number of aromatic nitrogens is 3. The van der Waals surface area contributed by atoms with E-state index in [1.165, 1.54) is 23.9 Å². The molecule has 0 fully saturated rings. The van der Waals surface area contributed by atoms with E-state index in [1.54, 1.807) is 6.07 Å². The zero-order valence-electron chi connectivity index (χ0n) is 16.4. The number of hydrogen-bond acceptors (Lipinski definition) is 4. The fourth-order valence-electron chi connectivity index (χ4n) is 3.04. The average molecular weight is 398 g/mol. The van der Waals surface area contributed by atoms with E-state index in [-0.39, 0.29) is 11.9 Å². The highest BCUT2D eigenvalue weighted by atomic mass is 32.2. The molecular weight excluding hydrogens is 373 g/mol. The molecule has 0 saturated heterocycles. The van der Waals surface area contributed by atoms with Gasteiger partial charge in [0.05, 0.1) is 0 Å². The van der Waals surface area contributed by atoms with E-state index in [0.29, 0.717) is 12.3 Å². The van der Waals surface area contributed by atoms with Crippen molar-refractivity contribution in [2.75, 3.05) is 0 Å². The smallest absolute Gasteiger partial charge is 0.191 e. The first-order valence-electron chi connectivity index (χ1n) is 9.12. The van der Waals surface area contributed by atoms with Gasteiger partial charge in [0.1, 0.15) is 11.6 Å². The van der Waals surface area contributed by atoms with Crippen molar-refractivity contribution in [2.24, 2.45) is 0 Å². The monoisotopic (exact) mass is 397 g/mol. The zero-order chi connectivity index (χ0) is 20.1. The van der Waals surface area contributed by atoms with Gasteiger partial charge >= 0.3 is 0 Å². The molecule has 4 nitrogen and oxygen atoms in total. The van der Waals surface area contributed by atoms with Crippen LogP contribution in [0.5, 0.6) is 5.75 Å². The number of thioether (sulfide) groups is 1. The number of ether oxygens (including phenoxy) is 1. The first-order valence-corrected chi connectivity index (χ1v) is 10.1. The lowest BCUT2D eigenvalue weighted by Gasteiger charge is -2.16. The fourth-order valence-corrected chi connectivity index (χ4v) is 3.94. The van der Waals surface area contributed by atoms with Gasteiger partial charge in [-0.05, 0) is 61.7 Å². The lowest BCUT2D eigenvalue weighted by atomic mass is 10.1. The van der Waals surface area contributed by atoms with E-state index in [4.69, 9.17) is 4.74 Å². The summed E-state index contributed by atoms with van der Waals surface area (Å²) >= 11 is 1.52. The predicted molar refractivity (Wildman–Crippen MR) is 111 cm³/mol. The maximum Gasteiger partial charge on any atom is 0.191 e. The van der Waals surface area contributed by atoms with Crippen molar-refractivity contribution in [3.63, 3.8) is 0 Å². The normalized spacial score (nSPS) is 12.0. The molecule has 6 heteroatoms. The summed E-state index contributed by atoms with van der Waals surface area (Å²) < 4.78 is 21.5. The Morgan fingerprint density at radius 2 is 1.93 bits per heavy atom. The summed E-state index contributed by atoms with van der Waals surface area (Å²) in [4.78, 5) is 0. The SMILES string of the molecule is C=CCn1c(SCc2cccc(F)c2)nnc1C(C)Oc1cc(C)cc(C)c1. The summed E-state index contributed by atoms with van der Waals surface area (Å²) in [6.07, 6.45) is 1.54. The standard InChI is InChI=1S/C22H24FN3OS/c1-5-9-26-21(17(4)27-20-11-15(2)10-16(3)12-20)24-25-22(26)28-14-18-7-6-8-19(23)13-18/h5-8,10-13,17H,1,9,14H2,2-4H3. The summed E-state index contributed by atoms with van der Waals surface area (Å²) in [5.74, 6) is 1.93. The minimum Gasteiger partial charge on any atom is -0.483 e. The summed E-state index contributed by atoms with van der Waals surface area (Å²) in [7, 11) is 0. The van der Waals surface area contributed by atoms with E-state index in [2.05, 4.69) is 22.8 Å². The molecule has 3 aromatic rings. The summed E-state index contributed by atoms with van der Waals surface area (Å²) in [6, 6.07) is 12.7. The Morgan fingerprint density at radius 3 is 2.61 bits per heavy atom. The van der Waals surface area contributed by atoms with Gasteiger partial charge in [-0.15, -0.1) is 16.8 Å². The number of aryl methyl sites for hydroxylation is 2. The number of nitrogens with zero attached hydrogens (tertiary/aromatic N) is 3. The third-order valence-corrected chi connectivity index (χ3v) is 5.22. The highest BCUT2D eigenvalue weighted by Crippen LogP contribution is 2.27. The number of benzene rings is 2. The lowest BCUT2D eigenvalue weighted by Crippen LogP contribution is -2.12. The van der Waals surface area contributed by atoms with Crippen LogP contribution in [0, 0.1) is 19.7 Å². The van der Waals surface area contributed by atoms with E-state index < -0.39 is 0 Å². The van der Waals surface area contributed by atoms with Gasteiger partial charge < -0.3 is 4.74 Å². The van der Waals surface area contributed by atoms with E-state index >= 15 is 0 Å². The third-order valence-electron chi connectivity index (χ3n) is 4.19. The van der Waals surface area contributed by atoms with Gasteiger partial charge in [-0.1, -0.05) is 36.0 Å². The minimum atomic E-state index is -0.267. The second-order valence-corrected chi connectivity index (χ2v) is 7.68. The highest BCUT2D eigenvalue weighted by molar-refractivity contribution is 7.98. The van der Waals surface area contributed by atoms with Crippen LogP contribution in [0.25, 0.3) is 0 Å². The van der Waals surface area contributed by atoms with Gasteiger partial charge in [0, 0.05) is 12.3 Å². The van der Waals surface area contributed by atoms with Crippen molar-refractivity contribution in [1.82, 2.24) is 14.8 Å². The van der Waals surface area contributed by atoms with Gasteiger partial charge in [0.25, 0.3) is 0 Å². The van der Waals surface area contributed by atoms with Crippen molar-refractivity contribution >= 4 is 11.8 Å². The summed E-state index contributed by atoms with van der Waals surface area (Å²) in [5.41, 5.74) is 3.21. The van der Waals surface area contributed by atoms with Crippen molar-refractivity contribution < 1.29 is 9.13 Å². The van der Waals surface area contributed by atoms with Crippen LogP contribution in [0.2, 0.25) is 0 Å². The first-order chi connectivity index (χ1) is 13.5. The van der Waals surface area contributed by atoms with Crippen LogP contribution < -0.4 is 4.74 Å². The van der Waals surface area contributed by atoms with Gasteiger partial charge in [-0.25, -0.2) is 4.39 Å². The first kappa shape index (κ1) is 20.1. The average Bonchev–Trinajstić information content (AvgIpc) is 3.02. The number of allylic oxidation sites excluding steroid dienone is 1. The van der Waals surface area contributed by atoms with Crippen molar-refractivity contribution in [1.29, 1.82) is 0 Å². The van der Waals surface area contributed by atoms with Crippen LogP contribution in [-0.2, 0) is 12.3 Å². The number of rotatable bonds is 8. The quantitative estimate of drug-likeness (QED) is 0.364. The molecule has 0 saturated carbocycles. The van der Waals surface area contributed by atoms with Gasteiger partial charge in [0.15, 0.2) is 17.1 Å². The lowest BCUT2D eigenvalue weighted by molar-refractivity contribution is 0.210. The molecule has 0 aliphatic rings. The van der Waals surface area contributed by atoms with Gasteiger partial charge in [0.2, 0.25) is 0 Å². The molecule has 1 unspecified atom stereocenters. The Bertz CT molecular complexity index is 950. The maximum atomic E-state index is 13.4. The molecule has 0 radical (unpaired) electrons. The molecule has 0 bridgehead atoms. The second kappa shape index (κ2) is 9.06. The van der Waals surface area contributed by atoms with Crippen molar-refractivity contribution in [2.45, 2.75) is 44.3 Å². The van der Waals surface area contributed by atoms with Crippen LogP contribution >= 0.6 is 11.8 Å². The van der Waals surface area contributed by atoms with Crippen LogP contribution in [0.1, 0.15) is 35.5 Å². The molecule has 2 aromatic carbocycles. The Balaban J connectivity index is 1.78. The molecular formula is C22H24FN3OS. The van der Waals surface area contributed by atoms with Crippen LogP contribution in [-0.4, -0.2) is 14.8 Å². The van der Waals surface area contributed by atoms with Crippen LogP contribution in [0.3, 0.4) is 0 Å². The van der Waals surface area contributed by atoms with E-state index in [9.17, 15) is 4.39 Å². The molecule has 146 valence electrons. The summed E-state index contributed by atoms with van der Waals surface area (Å²) in [5, 5.41) is 9.43. The number of halogens is 1. The molecule has 1 atom stereocenters. The molecule has 0 aliphatic heterocycles. The fraction of sp³-hybridized carbons (Fsp3) is 0.273. The minimum absolute atomic E-state index is 0.234. The van der Waals surface area contributed by atoms with Gasteiger partial charge in [-0.2, -0.15) is 0 Å². The van der Waals surface area contributed by atoms with Crippen LogP contribution in [0.15, 0.2) is 60.3 Å². The molecule has 0 N–H and O–H groups in total. The molecule has 3 rings (SSSR count). The molecule has 1 heterocycles. The second-order valence-electron chi connectivity index (χ2n) is 6.74. The zero-order valence-corrected chi connectivity index (χ0v) is 17.2. The molecule has 0 spiro atoms. The molecule has 28 heavy (non-hydrogen) atoms. The topological polar surface area (TPSA) is 39.9 Å². The van der Waals surface area contributed by atoms with Crippen LogP contribution in [0.4, 0.5) is 4.39 Å². The Hall–Kier alpha value is -2.60. The third kappa shape index (κ3) is 5.01. The van der Waals surface area contributed by atoms with Crippen molar-refractivity contribution in [3.05, 3.63) is 83.5 Å². The van der Waals surface area contributed by atoms with Crippen molar-refractivity contribution in [3.8, 4) is 5.75 Å². The summed E-state index contributed by atoms with van der Waals surface area (Å²) in [6.45, 7) is 10.5. The maximum absolute atomic E-state index is 13.4. The number of hydrogen-bond donors (Lipinski definition) is 0. The van der Waals surface area contributed by atoms with Gasteiger partial charge in [-0.3, -0.25) is 4.57 Å². The highest BCUT2D eigenvalue weighted by Gasteiger charge is 2.19. The Morgan fingerprint density at radius 1 is 1.18 bits per heavy atom. The largest absolute Gasteiger partial charge is 0.483 e. The molecule has 0 amide bonds.